The van der Waals surface area contributed by atoms with E-state index in [-0.39, 0.29) is 47.7 Å². The van der Waals surface area contributed by atoms with Crippen molar-refractivity contribution in [3.8, 4) is 0 Å². The highest BCUT2D eigenvalue weighted by Crippen LogP contribution is 2.68. The molecule has 1 unspecified atom stereocenters. The van der Waals surface area contributed by atoms with Crippen LogP contribution in [0.5, 0.6) is 0 Å². The molecule has 3 fully saturated rings. The molecule has 6 heteroatoms. The molecule has 4 rings (SSSR count). The number of carbonyl (C=O) groups is 2. The highest BCUT2D eigenvalue weighted by atomic mass is 19.1. The third-order valence-corrected chi connectivity index (χ3v) is 10.0. The number of fused-ring (bicyclic) bond motifs is 5. The first-order valence-electron chi connectivity index (χ1n) is 13.5. The maximum atomic E-state index is 15.7. The number of Topliss-reactive ketones (excluding diaryl/α,β-unsaturated/α-hetero) is 1. The maximum absolute atomic E-state index is 15.7. The third kappa shape index (κ3) is 3.87. The van der Waals surface area contributed by atoms with Gasteiger partial charge in [0.15, 0.2) is 11.6 Å². The first-order chi connectivity index (χ1) is 16.0. The van der Waals surface area contributed by atoms with Crippen molar-refractivity contribution in [3.63, 3.8) is 0 Å². The number of allylic oxidation sites excluding steroid dienone is 1. The fourth-order valence-electron chi connectivity index (χ4n) is 8.70. The number of aliphatic hydroxyl groups is 1. The SMILES string of the molecule is CCCCCC1C[C@@]2(C)C(=C(F)C1=O)[C@@H](F)C[C@@H]1[C@@H]2[C@@H](O)C[C@]2(C)[C@H](OC(=O)CC)[C@H](C)C[C@@H]12. The Bertz CT molecular complexity index is 855. The van der Waals surface area contributed by atoms with Gasteiger partial charge in [0.1, 0.15) is 12.3 Å². The van der Waals surface area contributed by atoms with Crippen LogP contribution in [-0.2, 0) is 14.3 Å². The highest BCUT2D eigenvalue weighted by molar-refractivity contribution is 5.97. The number of aliphatic hydroxyl groups excluding tert-OH is 1. The van der Waals surface area contributed by atoms with Gasteiger partial charge in [-0.15, -0.1) is 0 Å². The molecule has 0 heterocycles. The standard InChI is InChI=1S/C28H42F2O4/c1-6-8-9-10-16-13-28(5)22-17(12-19(29)23(28)24(30)25(16)33)18-11-15(3)26(34-21(32)7-2)27(18,4)14-20(22)31/h15-20,22,26,31H,6-14H2,1-5H3/t15-,16?,17+,18+,19+,20+,22-,26-,27+,28-/m1/s1. The van der Waals surface area contributed by atoms with E-state index in [1.807, 2.05) is 6.92 Å². The summed E-state index contributed by atoms with van der Waals surface area (Å²) < 4.78 is 37.1. The van der Waals surface area contributed by atoms with Crippen LogP contribution in [0.4, 0.5) is 8.78 Å². The lowest BCUT2D eigenvalue weighted by atomic mass is 9.45. The van der Waals surface area contributed by atoms with Gasteiger partial charge in [-0.1, -0.05) is 53.9 Å². The second-order valence-electron chi connectivity index (χ2n) is 12.2. The molecule has 0 aliphatic heterocycles. The largest absolute Gasteiger partial charge is 0.461 e. The topological polar surface area (TPSA) is 63.6 Å². The zero-order valence-electron chi connectivity index (χ0n) is 21.4. The predicted molar refractivity (Wildman–Crippen MR) is 126 cm³/mol. The monoisotopic (exact) mass is 480 g/mol. The molecule has 3 saturated carbocycles. The van der Waals surface area contributed by atoms with E-state index >= 15 is 8.78 Å². The van der Waals surface area contributed by atoms with E-state index in [0.717, 1.165) is 25.7 Å². The van der Waals surface area contributed by atoms with Gasteiger partial charge in [-0.05, 0) is 55.8 Å². The van der Waals surface area contributed by atoms with E-state index in [1.54, 1.807) is 6.92 Å². The number of ketones is 1. The normalized spacial score (nSPS) is 46.1. The quantitative estimate of drug-likeness (QED) is 0.368. The Morgan fingerprint density at radius 1 is 1.18 bits per heavy atom. The number of alkyl halides is 1. The van der Waals surface area contributed by atoms with Crippen molar-refractivity contribution in [2.45, 2.75) is 111 Å². The van der Waals surface area contributed by atoms with Crippen LogP contribution in [0.1, 0.15) is 92.4 Å². The van der Waals surface area contributed by atoms with Crippen molar-refractivity contribution >= 4 is 11.8 Å². The van der Waals surface area contributed by atoms with Crippen LogP contribution >= 0.6 is 0 Å². The molecule has 0 saturated heterocycles. The maximum Gasteiger partial charge on any atom is 0.305 e. The molecule has 0 aromatic carbocycles. The van der Waals surface area contributed by atoms with Crippen molar-refractivity contribution in [3.05, 3.63) is 11.4 Å². The number of hydrogen-bond acceptors (Lipinski definition) is 4. The predicted octanol–water partition coefficient (Wildman–Crippen LogP) is 6.11. The van der Waals surface area contributed by atoms with E-state index in [9.17, 15) is 14.7 Å². The van der Waals surface area contributed by atoms with Crippen molar-refractivity contribution in [1.82, 2.24) is 0 Å². The van der Waals surface area contributed by atoms with Crippen LogP contribution in [0.3, 0.4) is 0 Å². The smallest absolute Gasteiger partial charge is 0.305 e. The number of ether oxygens (including phenoxy) is 1. The lowest BCUT2D eigenvalue weighted by molar-refractivity contribution is -0.176. The molecule has 1 N–H and O–H groups in total. The van der Waals surface area contributed by atoms with Crippen LogP contribution in [0.2, 0.25) is 0 Å². The summed E-state index contributed by atoms with van der Waals surface area (Å²) >= 11 is 0. The van der Waals surface area contributed by atoms with Gasteiger partial charge >= 0.3 is 5.97 Å². The van der Waals surface area contributed by atoms with Crippen LogP contribution in [0, 0.1) is 40.4 Å². The fourth-order valence-corrected chi connectivity index (χ4v) is 8.70. The Morgan fingerprint density at radius 3 is 2.53 bits per heavy atom. The molecule has 34 heavy (non-hydrogen) atoms. The lowest BCUT2D eigenvalue weighted by Crippen LogP contribution is -2.60. The molecular weight excluding hydrogens is 438 g/mol. The molecular formula is C28H42F2O4. The van der Waals surface area contributed by atoms with E-state index in [0.29, 0.717) is 25.7 Å². The van der Waals surface area contributed by atoms with Crippen LogP contribution in [0.15, 0.2) is 11.4 Å². The van der Waals surface area contributed by atoms with Gasteiger partial charge in [0.25, 0.3) is 0 Å². The Balaban J connectivity index is 1.70. The molecule has 10 atom stereocenters. The minimum atomic E-state index is -1.52. The summed E-state index contributed by atoms with van der Waals surface area (Å²) in [5.74, 6) is -2.35. The fraction of sp³-hybridized carbons (Fsp3) is 0.857. The number of unbranched alkanes of at least 4 members (excludes halogenated alkanes) is 2. The van der Waals surface area contributed by atoms with Gasteiger partial charge in [-0.25, -0.2) is 8.78 Å². The number of halogens is 2. The second kappa shape index (κ2) is 9.29. The van der Waals surface area contributed by atoms with Crippen molar-refractivity contribution < 1.29 is 28.2 Å². The molecule has 0 spiro atoms. The average molecular weight is 481 g/mol. The summed E-state index contributed by atoms with van der Waals surface area (Å²) in [4.78, 5) is 25.0. The van der Waals surface area contributed by atoms with Crippen molar-refractivity contribution in [2.24, 2.45) is 40.4 Å². The molecule has 4 nitrogen and oxygen atoms in total. The molecule has 4 aliphatic carbocycles. The first kappa shape index (κ1) is 25.8. The Labute approximate surface area is 202 Å². The Hall–Kier alpha value is -1.30. The zero-order chi connectivity index (χ0) is 25.0. The van der Waals surface area contributed by atoms with Gasteiger partial charge in [-0.3, -0.25) is 9.59 Å². The number of hydrogen-bond donors (Lipinski definition) is 1. The zero-order valence-corrected chi connectivity index (χ0v) is 21.4. The van der Waals surface area contributed by atoms with E-state index in [4.69, 9.17) is 4.74 Å². The van der Waals surface area contributed by atoms with Gasteiger partial charge in [0.05, 0.1) is 6.10 Å². The average Bonchev–Trinajstić information content (AvgIpc) is 3.01. The summed E-state index contributed by atoms with van der Waals surface area (Å²) in [7, 11) is 0. The van der Waals surface area contributed by atoms with Gasteiger partial charge in [-0.2, -0.15) is 0 Å². The summed E-state index contributed by atoms with van der Waals surface area (Å²) in [6, 6.07) is 0. The third-order valence-electron chi connectivity index (χ3n) is 10.0. The Morgan fingerprint density at radius 2 is 1.88 bits per heavy atom. The number of carbonyl (C=O) groups excluding carboxylic acids is 2. The van der Waals surface area contributed by atoms with E-state index < -0.39 is 40.6 Å². The lowest BCUT2D eigenvalue weighted by Gasteiger charge is -2.60. The van der Waals surface area contributed by atoms with Crippen molar-refractivity contribution in [1.29, 1.82) is 0 Å². The minimum Gasteiger partial charge on any atom is -0.461 e. The number of esters is 1. The molecule has 0 amide bonds. The minimum absolute atomic E-state index is 0.00755. The molecule has 4 aliphatic rings. The van der Waals surface area contributed by atoms with E-state index in [2.05, 4.69) is 20.8 Å². The summed E-state index contributed by atoms with van der Waals surface area (Å²) in [5.41, 5.74) is -1.31. The van der Waals surface area contributed by atoms with Gasteiger partial charge in [0.2, 0.25) is 0 Å². The van der Waals surface area contributed by atoms with Crippen LogP contribution in [-0.4, -0.2) is 35.2 Å². The second-order valence-corrected chi connectivity index (χ2v) is 12.2. The molecule has 0 aromatic heterocycles. The number of rotatable bonds is 6. The summed E-state index contributed by atoms with van der Waals surface area (Å²) in [6.07, 6.45) is 2.94. The molecule has 192 valence electrons. The van der Waals surface area contributed by atoms with Gasteiger partial charge in [0, 0.05) is 28.7 Å². The Kier molecular flexibility index (Phi) is 7.05. The van der Waals surface area contributed by atoms with Crippen molar-refractivity contribution in [2.75, 3.05) is 0 Å². The summed E-state index contributed by atoms with van der Waals surface area (Å²) in [5, 5.41) is 11.6. The van der Waals surface area contributed by atoms with E-state index in [1.165, 1.54) is 0 Å². The molecule has 0 aromatic rings. The molecule has 0 radical (unpaired) electrons. The van der Waals surface area contributed by atoms with Gasteiger partial charge < -0.3 is 9.84 Å². The highest BCUT2D eigenvalue weighted by Gasteiger charge is 2.67. The first-order valence-corrected chi connectivity index (χ1v) is 13.5. The van der Waals surface area contributed by atoms with Crippen LogP contribution < -0.4 is 0 Å². The van der Waals surface area contributed by atoms with Crippen LogP contribution in [0.25, 0.3) is 0 Å². The molecule has 0 bridgehead atoms. The summed E-state index contributed by atoms with van der Waals surface area (Å²) in [6.45, 7) is 9.90.